The van der Waals surface area contributed by atoms with Gasteiger partial charge < -0.3 is 4.74 Å². The summed E-state index contributed by atoms with van der Waals surface area (Å²) in [6, 6.07) is 12.7. The summed E-state index contributed by atoms with van der Waals surface area (Å²) in [7, 11) is 0. The number of ether oxygens (including phenoxy) is 1. The number of rotatable bonds is 2. The van der Waals surface area contributed by atoms with Crippen LogP contribution in [0.3, 0.4) is 0 Å². The Morgan fingerprint density at radius 3 is 2.65 bits per heavy atom. The van der Waals surface area contributed by atoms with Gasteiger partial charge in [-0.25, -0.2) is 4.79 Å². The highest BCUT2D eigenvalue weighted by Crippen LogP contribution is 2.21. The number of hydrogen-bond donors (Lipinski definition) is 0. The molecule has 0 fully saturated rings. The molecule has 0 amide bonds. The highest BCUT2D eigenvalue weighted by Gasteiger charge is 2.14. The first-order valence-electron chi connectivity index (χ1n) is 5.00. The van der Waals surface area contributed by atoms with Crippen LogP contribution in [-0.4, -0.2) is 11.0 Å². The van der Waals surface area contributed by atoms with E-state index in [0.29, 0.717) is 11.3 Å². The van der Waals surface area contributed by atoms with Crippen LogP contribution in [0, 0.1) is 12.5 Å². The van der Waals surface area contributed by atoms with Crippen molar-refractivity contribution in [2.24, 2.45) is 0 Å². The smallest absolute Gasteiger partial charge is 0.354 e. The third kappa shape index (κ3) is 2.32. The fourth-order valence-electron chi connectivity index (χ4n) is 1.50. The monoisotopic (exact) mass is 223 g/mol. The van der Waals surface area contributed by atoms with Crippen molar-refractivity contribution in [3.05, 3.63) is 54.2 Å². The van der Waals surface area contributed by atoms with Crippen LogP contribution in [0.2, 0.25) is 0 Å². The molecule has 2 aromatic rings. The molecule has 0 aliphatic heterocycles. The van der Waals surface area contributed by atoms with Crippen molar-refractivity contribution in [1.29, 1.82) is 0 Å². The fraction of sp³-hybridized carbons (Fsp3) is 0. The van der Waals surface area contributed by atoms with Gasteiger partial charge in [0, 0.05) is 11.8 Å². The molecule has 0 saturated heterocycles. The van der Waals surface area contributed by atoms with E-state index in [-0.39, 0.29) is 0 Å². The van der Waals surface area contributed by atoms with E-state index in [4.69, 9.17) is 6.42 Å². The minimum absolute atomic E-state index is 0.358. The lowest BCUT2D eigenvalue weighted by Crippen LogP contribution is -2.04. The van der Waals surface area contributed by atoms with Gasteiger partial charge in [0.05, 0.1) is 11.3 Å². The number of nitrogens with zero attached hydrogens (tertiary/aromatic N) is 1. The molecule has 0 N–H and O–H groups in total. The number of terminal acetylenes is 1. The molecule has 0 spiro atoms. The van der Waals surface area contributed by atoms with Gasteiger partial charge in [-0.3, -0.25) is 4.98 Å². The summed E-state index contributed by atoms with van der Waals surface area (Å²) < 4.78 is 4.54. The van der Waals surface area contributed by atoms with Crippen LogP contribution in [-0.2, 0) is 4.74 Å². The molecule has 0 aliphatic carbocycles. The van der Waals surface area contributed by atoms with E-state index in [2.05, 4.69) is 9.72 Å². The Hall–Kier alpha value is -2.60. The van der Waals surface area contributed by atoms with Crippen LogP contribution in [0.5, 0.6) is 0 Å². The molecule has 82 valence electrons. The molecule has 0 bridgehead atoms. The number of benzene rings is 1. The van der Waals surface area contributed by atoms with Gasteiger partial charge in [-0.1, -0.05) is 36.8 Å². The number of carbonyl (C=O) groups is 1. The van der Waals surface area contributed by atoms with Gasteiger partial charge in [0.15, 0.2) is 0 Å². The SMILES string of the molecule is C#COC(=O)c1cccnc1-c1ccccc1. The first-order chi connectivity index (χ1) is 8.33. The molecule has 1 heterocycles. The van der Waals surface area contributed by atoms with Crippen molar-refractivity contribution in [3.63, 3.8) is 0 Å². The first kappa shape index (κ1) is 10.9. The zero-order valence-electron chi connectivity index (χ0n) is 8.96. The molecule has 0 unspecified atom stereocenters. The predicted octanol–water partition coefficient (Wildman–Crippen LogP) is 2.50. The van der Waals surface area contributed by atoms with E-state index < -0.39 is 5.97 Å². The van der Waals surface area contributed by atoms with Gasteiger partial charge in [-0.15, -0.1) is 0 Å². The van der Waals surface area contributed by atoms with Crippen LogP contribution < -0.4 is 0 Å². The first-order valence-corrected chi connectivity index (χ1v) is 5.00. The molecule has 3 heteroatoms. The quantitative estimate of drug-likeness (QED) is 0.580. The second-order valence-corrected chi connectivity index (χ2v) is 3.27. The molecule has 17 heavy (non-hydrogen) atoms. The van der Waals surface area contributed by atoms with Crippen LogP contribution in [0.15, 0.2) is 48.7 Å². The van der Waals surface area contributed by atoms with Gasteiger partial charge in [0.2, 0.25) is 0 Å². The predicted molar refractivity (Wildman–Crippen MR) is 63.9 cm³/mol. The molecule has 1 aromatic heterocycles. The second kappa shape index (κ2) is 4.95. The van der Waals surface area contributed by atoms with Crippen molar-refractivity contribution in [1.82, 2.24) is 4.98 Å². The summed E-state index contributed by atoms with van der Waals surface area (Å²) in [6.45, 7) is 0. The number of hydrogen-bond acceptors (Lipinski definition) is 3. The molecule has 0 saturated carbocycles. The highest BCUT2D eigenvalue weighted by molar-refractivity contribution is 5.96. The normalized spacial score (nSPS) is 9.35. The fourth-order valence-corrected chi connectivity index (χ4v) is 1.50. The van der Waals surface area contributed by atoms with Crippen molar-refractivity contribution < 1.29 is 9.53 Å². The molecule has 2 rings (SSSR count). The van der Waals surface area contributed by atoms with Gasteiger partial charge in [-0.2, -0.15) is 0 Å². The Balaban J connectivity index is 2.49. The summed E-state index contributed by atoms with van der Waals surface area (Å²) >= 11 is 0. The lowest BCUT2D eigenvalue weighted by Gasteiger charge is -2.05. The highest BCUT2D eigenvalue weighted by atomic mass is 16.5. The summed E-state index contributed by atoms with van der Waals surface area (Å²) in [5, 5.41) is 0. The number of carbonyl (C=O) groups excluding carboxylic acids is 1. The average Bonchev–Trinajstić information content (AvgIpc) is 2.40. The third-order valence-corrected chi connectivity index (χ3v) is 2.23. The second-order valence-electron chi connectivity index (χ2n) is 3.27. The maximum absolute atomic E-state index is 11.6. The van der Waals surface area contributed by atoms with Gasteiger partial charge >= 0.3 is 5.97 Å². The van der Waals surface area contributed by atoms with Gasteiger partial charge in [-0.05, 0) is 12.1 Å². The minimum atomic E-state index is -0.570. The average molecular weight is 223 g/mol. The number of aromatic nitrogens is 1. The molecule has 3 nitrogen and oxygen atoms in total. The number of pyridine rings is 1. The number of esters is 1. The Bertz CT molecular complexity index is 570. The molecule has 1 aromatic carbocycles. The van der Waals surface area contributed by atoms with Crippen molar-refractivity contribution in [3.8, 4) is 23.8 Å². The molecular weight excluding hydrogens is 214 g/mol. The van der Waals surface area contributed by atoms with Crippen LogP contribution >= 0.6 is 0 Å². The van der Waals surface area contributed by atoms with Crippen LogP contribution in [0.25, 0.3) is 11.3 Å². The van der Waals surface area contributed by atoms with E-state index in [1.165, 1.54) is 0 Å². The van der Waals surface area contributed by atoms with Crippen molar-refractivity contribution >= 4 is 5.97 Å². The lowest BCUT2D eigenvalue weighted by atomic mass is 10.1. The van der Waals surface area contributed by atoms with Crippen LogP contribution in [0.1, 0.15) is 10.4 Å². The Morgan fingerprint density at radius 2 is 1.94 bits per heavy atom. The standard InChI is InChI=1S/C14H9NO2/c1-2-17-14(16)12-9-6-10-15-13(12)11-7-4-3-5-8-11/h1,3-10H. The van der Waals surface area contributed by atoms with Crippen molar-refractivity contribution in [2.45, 2.75) is 0 Å². The van der Waals surface area contributed by atoms with Crippen LogP contribution in [0.4, 0.5) is 0 Å². The molecule has 0 aliphatic rings. The van der Waals surface area contributed by atoms with E-state index in [9.17, 15) is 4.79 Å². The third-order valence-electron chi connectivity index (χ3n) is 2.23. The molecule has 0 atom stereocenters. The van der Waals surface area contributed by atoms with E-state index >= 15 is 0 Å². The molecular formula is C14H9NO2. The summed E-state index contributed by atoms with van der Waals surface area (Å²) in [5.74, 6) is -0.570. The Kier molecular flexibility index (Phi) is 3.18. The van der Waals surface area contributed by atoms with E-state index in [0.717, 1.165) is 5.56 Å². The Labute approximate surface area is 99.1 Å². The zero-order valence-corrected chi connectivity index (χ0v) is 8.96. The summed E-state index contributed by atoms with van der Waals surface area (Å²) in [5.41, 5.74) is 1.77. The van der Waals surface area contributed by atoms with E-state index in [1.54, 1.807) is 18.3 Å². The minimum Gasteiger partial charge on any atom is -0.369 e. The largest absolute Gasteiger partial charge is 0.369 e. The maximum Gasteiger partial charge on any atom is 0.354 e. The van der Waals surface area contributed by atoms with Gasteiger partial charge in [0.1, 0.15) is 6.11 Å². The summed E-state index contributed by atoms with van der Waals surface area (Å²) in [4.78, 5) is 15.8. The topological polar surface area (TPSA) is 39.2 Å². The molecule has 0 radical (unpaired) electrons. The van der Waals surface area contributed by atoms with Gasteiger partial charge in [0.25, 0.3) is 0 Å². The zero-order chi connectivity index (χ0) is 12.1. The lowest BCUT2D eigenvalue weighted by molar-refractivity contribution is 0.0691. The van der Waals surface area contributed by atoms with Crippen molar-refractivity contribution in [2.75, 3.05) is 0 Å². The summed E-state index contributed by atoms with van der Waals surface area (Å²) in [6.07, 6.45) is 8.43. The maximum atomic E-state index is 11.6. The van der Waals surface area contributed by atoms with E-state index in [1.807, 2.05) is 36.4 Å². The Morgan fingerprint density at radius 1 is 1.18 bits per heavy atom.